The van der Waals surface area contributed by atoms with Crippen molar-refractivity contribution in [3.63, 3.8) is 0 Å². The fourth-order valence-corrected chi connectivity index (χ4v) is 1.55. The molecule has 0 aromatic heterocycles. The van der Waals surface area contributed by atoms with Crippen molar-refractivity contribution in [2.24, 2.45) is 0 Å². The van der Waals surface area contributed by atoms with Gasteiger partial charge in [-0.1, -0.05) is 12.1 Å². The first-order chi connectivity index (χ1) is 8.11. The van der Waals surface area contributed by atoms with Gasteiger partial charge in [0.1, 0.15) is 0 Å². The van der Waals surface area contributed by atoms with Crippen molar-refractivity contribution < 1.29 is 19.8 Å². The second kappa shape index (κ2) is 6.00. The average molecular weight is 237 g/mol. The Bertz CT molecular complexity index is 417. The Morgan fingerprint density at radius 3 is 2.29 bits per heavy atom. The molecule has 0 aliphatic rings. The SMILES string of the molecule is CCN(CCO)C(=O)c1ccccc1C(=O)O. The second-order valence-electron chi connectivity index (χ2n) is 3.46. The topological polar surface area (TPSA) is 77.8 Å². The number of carboxylic acids is 1. The van der Waals surface area contributed by atoms with Crippen LogP contribution in [0.1, 0.15) is 27.6 Å². The van der Waals surface area contributed by atoms with Crippen molar-refractivity contribution in [1.82, 2.24) is 4.90 Å². The predicted octanol–water partition coefficient (Wildman–Crippen LogP) is 0.839. The van der Waals surface area contributed by atoms with Crippen LogP contribution in [0, 0.1) is 0 Å². The van der Waals surface area contributed by atoms with E-state index in [0.29, 0.717) is 6.54 Å². The van der Waals surface area contributed by atoms with Crippen molar-refractivity contribution in [2.75, 3.05) is 19.7 Å². The average Bonchev–Trinajstić information content (AvgIpc) is 2.35. The molecule has 0 heterocycles. The summed E-state index contributed by atoms with van der Waals surface area (Å²) in [6, 6.07) is 6.06. The molecular weight excluding hydrogens is 222 g/mol. The molecule has 1 aromatic carbocycles. The Balaban J connectivity index is 3.06. The molecule has 0 spiro atoms. The standard InChI is InChI=1S/C12H15NO4/c1-2-13(7-8-14)11(15)9-5-3-4-6-10(9)12(16)17/h3-6,14H,2,7-8H2,1H3,(H,16,17). The number of aromatic carboxylic acids is 1. The van der Waals surface area contributed by atoms with E-state index in [0.717, 1.165) is 0 Å². The van der Waals surface area contributed by atoms with E-state index in [-0.39, 0.29) is 30.2 Å². The quantitative estimate of drug-likeness (QED) is 0.795. The Kier molecular flexibility index (Phi) is 4.66. The molecule has 2 N–H and O–H groups in total. The Morgan fingerprint density at radius 1 is 1.24 bits per heavy atom. The van der Waals surface area contributed by atoms with E-state index in [1.54, 1.807) is 19.1 Å². The second-order valence-corrected chi connectivity index (χ2v) is 3.46. The number of benzene rings is 1. The summed E-state index contributed by atoms with van der Waals surface area (Å²) < 4.78 is 0. The van der Waals surface area contributed by atoms with Gasteiger partial charge in [-0.3, -0.25) is 4.79 Å². The molecule has 0 radical (unpaired) electrons. The first-order valence-electron chi connectivity index (χ1n) is 5.34. The van der Waals surface area contributed by atoms with Gasteiger partial charge in [-0.2, -0.15) is 0 Å². The molecule has 0 aliphatic carbocycles. The molecule has 1 amide bonds. The van der Waals surface area contributed by atoms with Crippen LogP contribution in [0.5, 0.6) is 0 Å². The summed E-state index contributed by atoms with van der Waals surface area (Å²) >= 11 is 0. The van der Waals surface area contributed by atoms with E-state index in [2.05, 4.69) is 0 Å². The first kappa shape index (κ1) is 13.2. The minimum Gasteiger partial charge on any atom is -0.478 e. The van der Waals surface area contributed by atoms with Gasteiger partial charge in [0.2, 0.25) is 0 Å². The number of amides is 1. The summed E-state index contributed by atoms with van der Waals surface area (Å²) in [5, 5.41) is 17.8. The molecule has 92 valence electrons. The molecule has 0 saturated heterocycles. The number of aliphatic hydroxyl groups excluding tert-OH is 1. The molecular formula is C12H15NO4. The maximum absolute atomic E-state index is 12.0. The summed E-state index contributed by atoms with van der Waals surface area (Å²) in [5.41, 5.74) is 0.129. The molecule has 0 aliphatic heterocycles. The van der Waals surface area contributed by atoms with Crippen LogP contribution in [0.4, 0.5) is 0 Å². The number of carbonyl (C=O) groups is 2. The van der Waals surface area contributed by atoms with Crippen LogP contribution in [0.3, 0.4) is 0 Å². The molecule has 17 heavy (non-hydrogen) atoms. The van der Waals surface area contributed by atoms with Crippen molar-refractivity contribution in [3.05, 3.63) is 35.4 Å². The minimum absolute atomic E-state index is 0.0195. The van der Waals surface area contributed by atoms with Crippen LogP contribution < -0.4 is 0 Å². The third-order valence-corrected chi connectivity index (χ3v) is 2.43. The van der Waals surface area contributed by atoms with E-state index >= 15 is 0 Å². The van der Waals surface area contributed by atoms with Gasteiger partial charge in [0.25, 0.3) is 5.91 Å². The largest absolute Gasteiger partial charge is 0.478 e. The highest BCUT2D eigenvalue weighted by molar-refractivity contribution is 6.04. The van der Waals surface area contributed by atoms with Crippen molar-refractivity contribution >= 4 is 11.9 Å². The highest BCUT2D eigenvalue weighted by atomic mass is 16.4. The smallest absolute Gasteiger partial charge is 0.336 e. The molecule has 0 atom stereocenters. The van der Waals surface area contributed by atoms with Crippen LogP contribution in [0.2, 0.25) is 0 Å². The number of carbonyl (C=O) groups excluding carboxylic acids is 1. The van der Waals surface area contributed by atoms with Gasteiger partial charge in [-0.25, -0.2) is 4.79 Å². The molecule has 1 rings (SSSR count). The fourth-order valence-electron chi connectivity index (χ4n) is 1.55. The number of aliphatic hydroxyl groups is 1. The number of hydrogen-bond acceptors (Lipinski definition) is 3. The van der Waals surface area contributed by atoms with Gasteiger partial charge in [-0.15, -0.1) is 0 Å². The van der Waals surface area contributed by atoms with Crippen LogP contribution >= 0.6 is 0 Å². The summed E-state index contributed by atoms with van der Waals surface area (Å²) in [4.78, 5) is 24.4. The third-order valence-electron chi connectivity index (χ3n) is 2.43. The normalized spacial score (nSPS) is 10.0. The van der Waals surface area contributed by atoms with Gasteiger partial charge < -0.3 is 15.1 Å². The number of carboxylic acid groups (broad SMARTS) is 1. The summed E-state index contributed by atoms with van der Waals surface area (Å²) in [7, 11) is 0. The molecule has 0 unspecified atom stereocenters. The molecule has 0 fully saturated rings. The summed E-state index contributed by atoms with van der Waals surface area (Å²) in [5.74, 6) is -1.51. The molecule has 1 aromatic rings. The zero-order chi connectivity index (χ0) is 12.8. The maximum atomic E-state index is 12.0. The number of likely N-dealkylation sites (N-methyl/N-ethyl adjacent to an activating group) is 1. The monoisotopic (exact) mass is 237 g/mol. The van der Waals surface area contributed by atoms with Gasteiger partial charge in [-0.05, 0) is 19.1 Å². The van der Waals surface area contributed by atoms with Gasteiger partial charge in [0, 0.05) is 13.1 Å². The van der Waals surface area contributed by atoms with E-state index in [9.17, 15) is 9.59 Å². The van der Waals surface area contributed by atoms with Crippen LogP contribution in [-0.4, -0.2) is 46.7 Å². The zero-order valence-electron chi connectivity index (χ0n) is 9.59. The van der Waals surface area contributed by atoms with Crippen LogP contribution in [0.15, 0.2) is 24.3 Å². The number of hydrogen-bond donors (Lipinski definition) is 2. The predicted molar refractivity (Wildman–Crippen MR) is 62.1 cm³/mol. The number of rotatable bonds is 5. The third kappa shape index (κ3) is 3.04. The van der Waals surface area contributed by atoms with Crippen molar-refractivity contribution in [2.45, 2.75) is 6.92 Å². The fraction of sp³-hybridized carbons (Fsp3) is 0.333. The lowest BCUT2D eigenvalue weighted by Crippen LogP contribution is -2.34. The minimum atomic E-state index is -1.13. The molecule has 5 nitrogen and oxygen atoms in total. The van der Waals surface area contributed by atoms with E-state index in [1.807, 2.05) is 0 Å². The molecule has 0 bridgehead atoms. The number of nitrogens with zero attached hydrogens (tertiary/aromatic N) is 1. The first-order valence-corrected chi connectivity index (χ1v) is 5.34. The van der Waals surface area contributed by atoms with Crippen molar-refractivity contribution in [3.8, 4) is 0 Å². The lowest BCUT2D eigenvalue weighted by Gasteiger charge is -2.20. The Hall–Kier alpha value is -1.88. The van der Waals surface area contributed by atoms with Gasteiger partial charge in [0.15, 0.2) is 0 Å². The van der Waals surface area contributed by atoms with Crippen LogP contribution in [-0.2, 0) is 0 Å². The van der Waals surface area contributed by atoms with E-state index in [1.165, 1.54) is 17.0 Å². The maximum Gasteiger partial charge on any atom is 0.336 e. The highest BCUT2D eigenvalue weighted by Gasteiger charge is 2.19. The molecule has 5 heteroatoms. The zero-order valence-corrected chi connectivity index (χ0v) is 9.59. The van der Waals surface area contributed by atoms with Gasteiger partial charge in [0.05, 0.1) is 17.7 Å². The molecule has 0 saturated carbocycles. The highest BCUT2D eigenvalue weighted by Crippen LogP contribution is 2.11. The Morgan fingerprint density at radius 2 is 1.82 bits per heavy atom. The van der Waals surface area contributed by atoms with Crippen LogP contribution in [0.25, 0.3) is 0 Å². The van der Waals surface area contributed by atoms with E-state index in [4.69, 9.17) is 10.2 Å². The van der Waals surface area contributed by atoms with Crippen molar-refractivity contribution in [1.29, 1.82) is 0 Å². The lowest BCUT2D eigenvalue weighted by atomic mass is 10.1. The summed E-state index contributed by atoms with van der Waals surface area (Å²) in [6.07, 6.45) is 0. The van der Waals surface area contributed by atoms with Gasteiger partial charge >= 0.3 is 5.97 Å². The van der Waals surface area contributed by atoms with E-state index < -0.39 is 5.97 Å². The lowest BCUT2D eigenvalue weighted by molar-refractivity contribution is 0.0669. The summed E-state index contributed by atoms with van der Waals surface area (Å²) in [6.45, 7) is 2.25. The Labute approximate surface area is 99.3 Å².